The molecular formula is C22H23F2N3O2S. The highest BCUT2D eigenvalue weighted by molar-refractivity contribution is 7.81. The number of hydrogen-bond acceptors (Lipinski definition) is 5. The van der Waals surface area contributed by atoms with Gasteiger partial charge in [0, 0.05) is 36.1 Å². The van der Waals surface area contributed by atoms with E-state index in [1.165, 1.54) is 6.20 Å². The maximum absolute atomic E-state index is 12.8. The molecule has 1 aliphatic carbocycles. The fourth-order valence-corrected chi connectivity index (χ4v) is 3.64. The Labute approximate surface area is 179 Å². The van der Waals surface area contributed by atoms with E-state index in [0.717, 1.165) is 11.4 Å². The van der Waals surface area contributed by atoms with Gasteiger partial charge in [-0.05, 0) is 30.5 Å². The second kappa shape index (κ2) is 10.2. The van der Waals surface area contributed by atoms with Gasteiger partial charge in [0.05, 0.1) is 11.8 Å². The van der Waals surface area contributed by atoms with Crippen LogP contribution in [0.5, 0.6) is 5.75 Å². The Kier molecular flexibility index (Phi) is 7.46. The summed E-state index contributed by atoms with van der Waals surface area (Å²) in [5, 5.41) is 6.40. The van der Waals surface area contributed by atoms with Crippen molar-refractivity contribution in [1.82, 2.24) is 10.3 Å². The minimum absolute atomic E-state index is 0.0198. The summed E-state index contributed by atoms with van der Waals surface area (Å²) in [5.74, 6) is 0.441. The molecule has 0 radical (unpaired) electrons. The van der Waals surface area contributed by atoms with Gasteiger partial charge in [-0.3, -0.25) is 9.78 Å². The van der Waals surface area contributed by atoms with Gasteiger partial charge in [-0.25, -0.2) is 8.78 Å². The summed E-state index contributed by atoms with van der Waals surface area (Å²) in [6.07, 6.45) is 1.49. The zero-order valence-electron chi connectivity index (χ0n) is 16.5. The highest BCUT2D eigenvalue weighted by Gasteiger charge is 2.28. The maximum Gasteiger partial charge on any atom is 0.272 e. The second-order valence-corrected chi connectivity index (χ2v) is 7.56. The van der Waals surface area contributed by atoms with Crippen molar-refractivity contribution in [2.45, 2.75) is 32.7 Å². The van der Waals surface area contributed by atoms with E-state index >= 15 is 0 Å². The molecule has 30 heavy (non-hydrogen) atoms. The third-order valence-corrected chi connectivity index (χ3v) is 4.96. The van der Waals surface area contributed by atoms with Gasteiger partial charge >= 0.3 is 0 Å². The Balaban J connectivity index is 1.79. The molecular weight excluding hydrogens is 408 g/mol. The van der Waals surface area contributed by atoms with E-state index in [9.17, 15) is 13.6 Å². The van der Waals surface area contributed by atoms with Crippen LogP contribution in [0, 0.1) is 5.92 Å². The highest BCUT2D eigenvalue weighted by atomic mass is 32.1. The lowest BCUT2D eigenvalue weighted by atomic mass is 9.87. The first-order valence-corrected chi connectivity index (χ1v) is 10.0. The summed E-state index contributed by atoms with van der Waals surface area (Å²) in [4.78, 5) is 17.1. The van der Waals surface area contributed by atoms with Crippen molar-refractivity contribution in [2.24, 2.45) is 5.92 Å². The fraction of sp³-hybridized carbons (Fsp3) is 0.318. The number of Topliss-reactive ketones (excluding diaryl/α,β-unsaturated/α-hetero) is 1. The standard InChI is InChI=1S/C22H23F2N3O2S/c1-14-9-17(26-11-15-7-8-25-12-19(15)29-13-20(23)24)21(18(28)10-14)22(30)27-16-5-3-2-4-6-16/h2-8,12,14,20,26H,9-11,13H2,1H3,(H,27,30). The van der Waals surface area contributed by atoms with Crippen LogP contribution in [0.1, 0.15) is 25.3 Å². The van der Waals surface area contributed by atoms with Crippen molar-refractivity contribution in [3.8, 4) is 5.75 Å². The molecule has 1 heterocycles. The van der Waals surface area contributed by atoms with Crippen molar-refractivity contribution in [2.75, 3.05) is 11.9 Å². The number of allylic oxidation sites excluding steroid dienone is 1. The van der Waals surface area contributed by atoms with Crippen LogP contribution >= 0.6 is 12.2 Å². The summed E-state index contributed by atoms with van der Waals surface area (Å²) in [6, 6.07) is 11.1. The van der Waals surface area contributed by atoms with Gasteiger partial charge in [-0.15, -0.1) is 0 Å². The number of rotatable bonds is 8. The van der Waals surface area contributed by atoms with Crippen molar-refractivity contribution < 1.29 is 18.3 Å². The third kappa shape index (κ3) is 5.82. The average Bonchev–Trinajstić information content (AvgIpc) is 2.71. The summed E-state index contributed by atoms with van der Waals surface area (Å²) in [6.45, 7) is 1.61. The van der Waals surface area contributed by atoms with E-state index in [0.29, 0.717) is 35.5 Å². The maximum atomic E-state index is 12.8. The smallest absolute Gasteiger partial charge is 0.272 e. The predicted octanol–water partition coefficient (Wildman–Crippen LogP) is 4.51. The number of carbonyl (C=O) groups excluding carboxylic acids is 1. The summed E-state index contributed by atoms with van der Waals surface area (Å²) in [7, 11) is 0. The molecule has 158 valence electrons. The van der Waals surface area contributed by atoms with Gasteiger partial charge in [-0.2, -0.15) is 0 Å². The van der Waals surface area contributed by atoms with E-state index < -0.39 is 13.0 Å². The minimum atomic E-state index is -2.57. The molecule has 0 saturated heterocycles. The first-order chi connectivity index (χ1) is 14.4. The summed E-state index contributed by atoms with van der Waals surface area (Å²) in [5.41, 5.74) is 2.68. The SMILES string of the molecule is CC1CC(=O)C(C(=S)Nc2ccccc2)=C(NCc2ccncc2OCC(F)F)C1. The Hall–Kier alpha value is -2.87. The van der Waals surface area contributed by atoms with Gasteiger partial charge in [0.1, 0.15) is 17.3 Å². The molecule has 1 atom stereocenters. The molecule has 0 fully saturated rings. The lowest BCUT2D eigenvalue weighted by Gasteiger charge is -2.26. The number of benzene rings is 1. The number of alkyl halides is 2. The van der Waals surface area contributed by atoms with Crippen LogP contribution in [-0.2, 0) is 11.3 Å². The van der Waals surface area contributed by atoms with Crippen LogP contribution in [-0.4, -0.2) is 28.8 Å². The molecule has 8 heteroatoms. The fourth-order valence-electron chi connectivity index (χ4n) is 3.29. The van der Waals surface area contributed by atoms with E-state index in [4.69, 9.17) is 17.0 Å². The molecule has 0 bridgehead atoms. The Morgan fingerprint density at radius 3 is 2.77 bits per heavy atom. The zero-order valence-corrected chi connectivity index (χ0v) is 17.3. The largest absolute Gasteiger partial charge is 0.486 e. The molecule has 1 aromatic heterocycles. The number of thiocarbonyl (C=S) groups is 1. The molecule has 1 unspecified atom stereocenters. The van der Waals surface area contributed by atoms with Crippen molar-refractivity contribution in [3.63, 3.8) is 0 Å². The lowest BCUT2D eigenvalue weighted by Crippen LogP contribution is -2.31. The molecule has 0 amide bonds. The number of nitrogens with one attached hydrogen (secondary N) is 2. The van der Waals surface area contributed by atoms with Gasteiger partial charge < -0.3 is 15.4 Å². The second-order valence-electron chi connectivity index (χ2n) is 7.15. The van der Waals surface area contributed by atoms with Crippen LogP contribution in [0.3, 0.4) is 0 Å². The van der Waals surface area contributed by atoms with E-state index in [2.05, 4.69) is 15.6 Å². The number of halogens is 2. The predicted molar refractivity (Wildman–Crippen MR) is 116 cm³/mol. The number of para-hydroxylation sites is 1. The van der Waals surface area contributed by atoms with Crippen LogP contribution in [0.15, 0.2) is 60.1 Å². The van der Waals surface area contributed by atoms with Crippen LogP contribution < -0.4 is 15.4 Å². The Morgan fingerprint density at radius 2 is 2.03 bits per heavy atom. The quantitative estimate of drug-likeness (QED) is 0.600. The topological polar surface area (TPSA) is 63.2 Å². The number of ketones is 1. The molecule has 3 rings (SSSR count). The summed E-state index contributed by atoms with van der Waals surface area (Å²) < 4.78 is 30.2. The number of aromatic nitrogens is 1. The zero-order chi connectivity index (χ0) is 21.5. The first kappa shape index (κ1) is 21.8. The molecule has 2 aromatic rings. The Bertz CT molecular complexity index is 935. The highest BCUT2D eigenvalue weighted by Crippen LogP contribution is 2.28. The van der Waals surface area contributed by atoms with Crippen molar-refractivity contribution >= 4 is 28.7 Å². The van der Waals surface area contributed by atoms with Crippen LogP contribution in [0.2, 0.25) is 0 Å². The molecule has 0 spiro atoms. The number of carbonyl (C=O) groups is 1. The van der Waals surface area contributed by atoms with Gasteiger partial charge in [0.15, 0.2) is 5.78 Å². The molecule has 2 N–H and O–H groups in total. The average molecular weight is 432 g/mol. The molecule has 0 aliphatic heterocycles. The molecule has 1 aliphatic rings. The van der Waals surface area contributed by atoms with Crippen molar-refractivity contribution in [3.05, 3.63) is 65.6 Å². The van der Waals surface area contributed by atoms with Gasteiger partial charge in [0.25, 0.3) is 6.43 Å². The molecule has 5 nitrogen and oxygen atoms in total. The third-order valence-electron chi connectivity index (χ3n) is 4.65. The number of hydrogen-bond donors (Lipinski definition) is 2. The lowest BCUT2D eigenvalue weighted by molar-refractivity contribution is -0.116. The van der Waals surface area contributed by atoms with Gasteiger partial charge in [-0.1, -0.05) is 37.3 Å². The number of nitrogens with zero attached hydrogens (tertiary/aromatic N) is 1. The molecule has 1 aromatic carbocycles. The van der Waals surface area contributed by atoms with Crippen LogP contribution in [0.4, 0.5) is 14.5 Å². The monoisotopic (exact) mass is 431 g/mol. The van der Waals surface area contributed by atoms with E-state index in [1.54, 1.807) is 12.3 Å². The number of anilines is 1. The minimum Gasteiger partial charge on any atom is -0.486 e. The van der Waals surface area contributed by atoms with E-state index in [-0.39, 0.29) is 17.5 Å². The number of pyridine rings is 1. The van der Waals surface area contributed by atoms with Crippen molar-refractivity contribution in [1.29, 1.82) is 0 Å². The van der Waals surface area contributed by atoms with E-state index in [1.807, 2.05) is 37.3 Å². The summed E-state index contributed by atoms with van der Waals surface area (Å²) >= 11 is 5.53. The first-order valence-electron chi connectivity index (χ1n) is 9.64. The number of ether oxygens (including phenoxy) is 1. The van der Waals surface area contributed by atoms with Crippen LogP contribution in [0.25, 0.3) is 0 Å². The normalized spacial score (nSPS) is 16.5. The van der Waals surface area contributed by atoms with Gasteiger partial charge in [0.2, 0.25) is 0 Å². The molecule has 0 saturated carbocycles. The Morgan fingerprint density at radius 1 is 1.27 bits per heavy atom.